The molecule has 1 atom stereocenters. The zero-order valence-electron chi connectivity index (χ0n) is 12.2. The van der Waals surface area contributed by atoms with Gasteiger partial charge in [-0.05, 0) is 61.7 Å². The third-order valence-electron chi connectivity index (χ3n) is 3.56. The van der Waals surface area contributed by atoms with Gasteiger partial charge < -0.3 is 10.5 Å². The maximum absolute atomic E-state index is 13.0. The van der Waals surface area contributed by atoms with E-state index < -0.39 is 5.54 Å². The molecule has 106 valence electrons. The lowest BCUT2D eigenvalue weighted by molar-refractivity contribution is 0.410. The van der Waals surface area contributed by atoms with Gasteiger partial charge in [0.05, 0.1) is 24.5 Å². The Morgan fingerprint density at radius 2 is 1.90 bits per heavy atom. The Bertz CT molecular complexity index is 621. The van der Waals surface area contributed by atoms with E-state index in [1.54, 1.807) is 13.2 Å². The summed E-state index contributed by atoms with van der Waals surface area (Å²) >= 11 is 0. The van der Waals surface area contributed by atoms with Crippen LogP contribution >= 0.6 is 0 Å². The summed E-state index contributed by atoms with van der Waals surface area (Å²) in [5.74, 6) is 0.460. The summed E-state index contributed by atoms with van der Waals surface area (Å²) in [6, 6.07) is 6.95. The number of ether oxygens (including phenoxy) is 1. The van der Waals surface area contributed by atoms with Crippen molar-refractivity contribution >= 4 is 0 Å². The van der Waals surface area contributed by atoms with Crippen LogP contribution < -0.4 is 10.5 Å². The molecule has 20 heavy (non-hydrogen) atoms. The van der Waals surface area contributed by atoms with Crippen LogP contribution in [0.2, 0.25) is 0 Å². The number of benzene rings is 1. The second kappa shape index (κ2) is 5.21. The summed E-state index contributed by atoms with van der Waals surface area (Å²) in [5, 5.41) is 0. The number of aromatic nitrogens is 1. The van der Waals surface area contributed by atoms with E-state index in [2.05, 4.69) is 4.98 Å². The molecule has 1 heterocycles. The van der Waals surface area contributed by atoms with E-state index in [9.17, 15) is 4.39 Å². The highest BCUT2D eigenvalue weighted by atomic mass is 19.1. The molecular formula is C16H19FN2O. The lowest BCUT2D eigenvalue weighted by atomic mass is 9.85. The standard InChI is InChI=1S/C16H19FN2O/c1-10-8-14(20-4)11(2)7-13(10)16(3,18)15-6-5-12(17)9-19-15/h5-9H,18H2,1-4H3. The highest BCUT2D eigenvalue weighted by molar-refractivity contribution is 5.47. The number of hydrogen-bond donors (Lipinski definition) is 1. The lowest BCUT2D eigenvalue weighted by Gasteiger charge is -2.27. The Balaban J connectivity index is 2.54. The molecule has 0 fully saturated rings. The number of hydrogen-bond acceptors (Lipinski definition) is 3. The van der Waals surface area contributed by atoms with Crippen LogP contribution in [0.1, 0.15) is 29.3 Å². The van der Waals surface area contributed by atoms with E-state index in [4.69, 9.17) is 10.5 Å². The fraction of sp³-hybridized carbons (Fsp3) is 0.312. The first-order valence-corrected chi connectivity index (χ1v) is 6.43. The van der Waals surface area contributed by atoms with Gasteiger partial charge in [0.25, 0.3) is 0 Å². The van der Waals surface area contributed by atoms with Gasteiger partial charge in [-0.1, -0.05) is 0 Å². The zero-order chi connectivity index (χ0) is 14.9. The molecule has 2 rings (SSSR count). The van der Waals surface area contributed by atoms with E-state index in [1.165, 1.54) is 12.3 Å². The predicted molar refractivity (Wildman–Crippen MR) is 77.3 cm³/mol. The van der Waals surface area contributed by atoms with Crippen LogP contribution in [-0.2, 0) is 5.54 Å². The van der Waals surface area contributed by atoms with Gasteiger partial charge in [-0.3, -0.25) is 4.98 Å². The molecule has 0 amide bonds. The third kappa shape index (κ3) is 2.51. The first kappa shape index (κ1) is 14.5. The van der Waals surface area contributed by atoms with Gasteiger partial charge in [-0.2, -0.15) is 0 Å². The van der Waals surface area contributed by atoms with Crippen molar-refractivity contribution in [3.8, 4) is 5.75 Å². The molecule has 1 unspecified atom stereocenters. The van der Waals surface area contributed by atoms with E-state index in [-0.39, 0.29) is 5.82 Å². The van der Waals surface area contributed by atoms with Gasteiger partial charge in [0, 0.05) is 0 Å². The number of aryl methyl sites for hydroxylation is 2. The minimum absolute atomic E-state index is 0.368. The third-order valence-corrected chi connectivity index (χ3v) is 3.56. The lowest BCUT2D eigenvalue weighted by Crippen LogP contribution is -2.36. The normalized spacial score (nSPS) is 13.9. The van der Waals surface area contributed by atoms with Crippen LogP contribution in [0.4, 0.5) is 4.39 Å². The summed E-state index contributed by atoms with van der Waals surface area (Å²) < 4.78 is 18.3. The minimum atomic E-state index is -0.783. The van der Waals surface area contributed by atoms with E-state index in [0.717, 1.165) is 22.4 Å². The van der Waals surface area contributed by atoms with Crippen molar-refractivity contribution in [1.29, 1.82) is 0 Å². The Morgan fingerprint density at radius 1 is 1.20 bits per heavy atom. The smallest absolute Gasteiger partial charge is 0.141 e. The number of methoxy groups -OCH3 is 1. The molecule has 1 aromatic carbocycles. The zero-order valence-corrected chi connectivity index (χ0v) is 12.2. The summed E-state index contributed by atoms with van der Waals surface area (Å²) in [7, 11) is 1.64. The summed E-state index contributed by atoms with van der Waals surface area (Å²) in [6.45, 7) is 5.82. The Labute approximate surface area is 118 Å². The molecule has 0 aliphatic heterocycles. The molecule has 2 aromatic rings. The largest absolute Gasteiger partial charge is 0.496 e. The number of halogens is 1. The SMILES string of the molecule is COc1cc(C)c(C(C)(N)c2ccc(F)cn2)cc1C. The second-order valence-electron chi connectivity index (χ2n) is 5.20. The van der Waals surface area contributed by atoms with Gasteiger partial charge in [0.2, 0.25) is 0 Å². The second-order valence-corrected chi connectivity index (χ2v) is 5.20. The quantitative estimate of drug-likeness (QED) is 0.935. The first-order valence-electron chi connectivity index (χ1n) is 6.43. The minimum Gasteiger partial charge on any atom is -0.496 e. The van der Waals surface area contributed by atoms with Crippen LogP contribution in [0.3, 0.4) is 0 Å². The summed E-state index contributed by atoms with van der Waals surface area (Å²) in [4.78, 5) is 4.11. The fourth-order valence-electron chi connectivity index (χ4n) is 2.39. The molecule has 3 nitrogen and oxygen atoms in total. The maximum Gasteiger partial charge on any atom is 0.141 e. The van der Waals surface area contributed by atoms with Gasteiger partial charge in [-0.25, -0.2) is 4.39 Å². The number of nitrogens with two attached hydrogens (primary N) is 1. The van der Waals surface area contributed by atoms with Crippen molar-refractivity contribution in [1.82, 2.24) is 4.98 Å². The molecule has 2 N–H and O–H groups in total. The average molecular weight is 274 g/mol. The van der Waals surface area contributed by atoms with Crippen molar-refractivity contribution in [2.24, 2.45) is 5.73 Å². The number of pyridine rings is 1. The highest BCUT2D eigenvalue weighted by Gasteiger charge is 2.27. The van der Waals surface area contributed by atoms with Crippen LogP contribution in [0, 0.1) is 19.7 Å². The molecular weight excluding hydrogens is 255 g/mol. The van der Waals surface area contributed by atoms with Gasteiger partial charge in [0.1, 0.15) is 11.6 Å². The van der Waals surface area contributed by atoms with Crippen molar-refractivity contribution < 1.29 is 9.13 Å². The molecule has 0 bridgehead atoms. The summed E-state index contributed by atoms with van der Waals surface area (Å²) in [6.07, 6.45) is 1.19. The van der Waals surface area contributed by atoms with Crippen LogP contribution in [0.5, 0.6) is 5.75 Å². The van der Waals surface area contributed by atoms with E-state index in [1.807, 2.05) is 32.9 Å². The van der Waals surface area contributed by atoms with Gasteiger partial charge in [-0.15, -0.1) is 0 Å². The molecule has 0 aliphatic rings. The average Bonchev–Trinajstić information content (AvgIpc) is 2.41. The topological polar surface area (TPSA) is 48.1 Å². The predicted octanol–water partition coefficient (Wildman–Crippen LogP) is 3.07. The van der Waals surface area contributed by atoms with Crippen molar-refractivity contribution in [3.63, 3.8) is 0 Å². The van der Waals surface area contributed by atoms with Crippen LogP contribution in [0.25, 0.3) is 0 Å². The Kier molecular flexibility index (Phi) is 3.77. The van der Waals surface area contributed by atoms with Gasteiger partial charge in [0.15, 0.2) is 0 Å². The van der Waals surface area contributed by atoms with Crippen molar-refractivity contribution in [3.05, 3.63) is 58.7 Å². The van der Waals surface area contributed by atoms with Crippen molar-refractivity contribution in [2.45, 2.75) is 26.3 Å². The molecule has 4 heteroatoms. The number of nitrogens with zero attached hydrogens (tertiary/aromatic N) is 1. The van der Waals surface area contributed by atoms with Crippen LogP contribution in [-0.4, -0.2) is 12.1 Å². The number of rotatable bonds is 3. The molecule has 1 aromatic heterocycles. The maximum atomic E-state index is 13.0. The highest BCUT2D eigenvalue weighted by Crippen LogP contribution is 2.32. The van der Waals surface area contributed by atoms with E-state index in [0.29, 0.717) is 5.69 Å². The Morgan fingerprint density at radius 3 is 2.45 bits per heavy atom. The molecule has 0 saturated carbocycles. The van der Waals surface area contributed by atoms with Crippen LogP contribution in [0.15, 0.2) is 30.5 Å². The first-order chi connectivity index (χ1) is 9.36. The Hall–Kier alpha value is -1.94. The molecule has 0 saturated heterocycles. The van der Waals surface area contributed by atoms with Crippen molar-refractivity contribution in [2.75, 3.05) is 7.11 Å². The van der Waals surface area contributed by atoms with Gasteiger partial charge >= 0.3 is 0 Å². The molecule has 0 radical (unpaired) electrons. The monoisotopic (exact) mass is 274 g/mol. The summed E-state index contributed by atoms with van der Waals surface area (Å²) in [5.41, 5.74) is 9.27. The van der Waals surface area contributed by atoms with E-state index >= 15 is 0 Å². The fourth-order valence-corrected chi connectivity index (χ4v) is 2.39. The molecule has 0 aliphatic carbocycles. The molecule has 0 spiro atoms.